The van der Waals surface area contributed by atoms with Gasteiger partial charge >= 0.3 is 0 Å². The lowest BCUT2D eigenvalue weighted by atomic mass is 9.87. The molecule has 0 spiro atoms. The van der Waals surface area contributed by atoms with Crippen molar-refractivity contribution in [2.45, 2.75) is 39.5 Å². The van der Waals surface area contributed by atoms with E-state index < -0.39 is 0 Å². The molecule has 0 radical (unpaired) electrons. The van der Waals surface area contributed by atoms with E-state index in [0.29, 0.717) is 0 Å². The molecule has 1 heterocycles. The van der Waals surface area contributed by atoms with Crippen LogP contribution in [0.3, 0.4) is 0 Å². The molecule has 0 amide bonds. The zero-order valence-electron chi connectivity index (χ0n) is 8.85. The molecule has 74 valence electrons. The van der Waals surface area contributed by atoms with Gasteiger partial charge in [0.1, 0.15) is 0 Å². The molecule has 0 aliphatic heterocycles. The van der Waals surface area contributed by atoms with Crippen molar-refractivity contribution in [3.63, 3.8) is 0 Å². The van der Waals surface area contributed by atoms with Gasteiger partial charge in [-0.1, -0.05) is 20.8 Å². The fourth-order valence-electron chi connectivity index (χ4n) is 0.998. The Kier molecular flexibility index (Phi) is 3.31. The second kappa shape index (κ2) is 4.09. The molecular weight excluding hydrogens is 180 g/mol. The second-order valence-electron chi connectivity index (χ2n) is 3.81. The van der Waals surface area contributed by atoms with Gasteiger partial charge in [-0.3, -0.25) is 0 Å². The Morgan fingerprint density at radius 2 is 2.15 bits per heavy atom. The van der Waals surface area contributed by atoms with Crippen molar-refractivity contribution in [3.8, 4) is 0 Å². The molecule has 0 aliphatic rings. The number of hydrogen-bond acceptors (Lipinski definition) is 3. The molecular formula is C10H18N2S. The molecule has 2 nitrogen and oxygen atoms in total. The van der Waals surface area contributed by atoms with E-state index in [-0.39, 0.29) is 5.41 Å². The molecule has 3 heteroatoms. The molecule has 13 heavy (non-hydrogen) atoms. The Labute approximate surface area is 84.4 Å². The van der Waals surface area contributed by atoms with Crippen LogP contribution >= 0.6 is 11.3 Å². The van der Waals surface area contributed by atoms with Crippen molar-refractivity contribution in [1.29, 1.82) is 0 Å². The second-order valence-corrected chi connectivity index (χ2v) is 4.66. The lowest BCUT2D eigenvalue weighted by Gasteiger charge is -2.19. The first kappa shape index (κ1) is 10.5. The van der Waals surface area contributed by atoms with E-state index in [1.165, 1.54) is 5.69 Å². The van der Waals surface area contributed by atoms with Gasteiger partial charge in [-0.15, -0.1) is 11.3 Å². The average Bonchev–Trinajstić information content (AvgIpc) is 2.54. The van der Waals surface area contributed by atoms with Crippen LogP contribution in [0.2, 0.25) is 0 Å². The third-order valence-corrected chi connectivity index (χ3v) is 3.21. The zero-order valence-corrected chi connectivity index (χ0v) is 9.66. The highest BCUT2D eigenvalue weighted by Gasteiger charge is 2.20. The minimum atomic E-state index is 0.212. The molecule has 1 N–H and O–H groups in total. The van der Waals surface area contributed by atoms with Crippen LogP contribution < -0.4 is 5.32 Å². The minimum Gasteiger partial charge on any atom is -0.362 e. The fraction of sp³-hybridized carbons (Fsp3) is 0.700. The lowest BCUT2D eigenvalue weighted by molar-refractivity contribution is 0.493. The Morgan fingerprint density at radius 1 is 1.46 bits per heavy atom. The summed E-state index contributed by atoms with van der Waals surface area (Å²) < 4.78 is 0. The van der Waals surface area contributed by atoms with Crippen molar-refractivity contribution < 1.29 is 0 Å². The van der Waals surface area contributed by atoms with Crippen LogP contribution in [0.25, 0.3) is 0 Å². The summed E-state index contributed by atoms with van der Waals surface area (Å²) in [7, 11) is 0. The Hall–Kier alpha value is -0.570. The minimum absolute atomic E-state index is 0.212. The van der Waals surface area contributed by atoms with Gasteiger partial charge in [-0.05, 0) is 13.3 Å². The van der Waals surface area contributed by atoms with E-state index in [1.54, 1.807) is 11.3 Å². The molecule has 0 aliphatic carbocycles. The standard InChI is InChI=1S/C10H18N2S/c1-5-10(3,4)8-7-13-9(12-8)11-6-2/h7H,5-6H2,1-4H3,(H,11,12). The molecule has 0 fully saturated rings. The smallest absolute Gasteiger partial charge is 0.182 e. The maximum absolute atomic E-state index is 4.55. The molecule has 0 saturated carbocycles. The van der Waals surface area contributed by atoms with E-state index in [0.717, 1.165) is 18.1 Å². The van der Waals surface area contributed by atoms with E-state index in [4.69, 9.17) is 0 Å². The normalized spacial score (nSPS) is 11.7. The predicted octanol–water partition coefficient (Wildman–Crippen LogP) is 3.26. The van der Waals surface area contributed by atoms with Crippen LogP contribution in [-0.4, -0.2) is 11.5 Å². The number of thiazole rings is 1. The molecule has 0 bridgehead atoms. The average molecular weight is 198 g/mol. The van der Waals surface area contributed by atoms with Gasteiger partial charge in [0.25, 0.3) is 0 Å². The third-order valence-electron chi connectivity index (χ3n) is 2.41. The SMILES string of the molecule is CCNc1nc(C(C)(C)CC)cs1. The van der Waals surface area contributed by atoms with E-state index in [9.17, 15) is 0 Å². The van der Waals surface area contributed by atoms with Crippen molar-refractivity contribution in [2.75, 3.05) is 11.9 Å². The highest BCUT2D eigenvalue weighted by atomic mass is 32.1. The number of hydrogen-bond donors (Lipinski definition) is 1. The Balaban J connectivity index is 2.79. The van der Waals surface area contributed by atoms with Crippen LogP contribution in [0.4, 0.5) is 5.13 Å². The first-order valence-corrected chi connectivity index (χ1v) is 5.68. The number of nitrogens with one attached hydrogen (secondary N) is 1. The summed E-state index contributed by atoms with van der Waals surface area (Å²) in [6, 6.07) is 0. The van der Waals surface area contributed by atoms with E-state index >= 15 is 0 Å². The highest BCUT2D eigenvalue weighted by Crippen LogP contribution is 2.29. The van der Waals surface area contributed by atoms with Crippen molar-refractivity contribution in [3.05, 3.63) is 11.1 Å². The number of aromatic nitrogens is 1. The molecule has 1 rings (SSSR count). The summed E-state index contributed by atoms with van der Waals surface area (Å²) in [5.74, 6) is 0. The maximum Gasteiger partial charge on any atom is 0.182 e. The molecule has 0 atom stereocenters. The van der Waals surface area contributed by atoms with Gasteiger partial charge in [0.2, 0.25) is 0 Å². The first-order valence-electron chi connectivity index (χ1n) is 4.80. The van der Waals surface area contributed by atoms with Gasteiger partial charge in [0, 0.05) is 17.3 Å². The third kappa shape index (κ3) is 2.44. The first-order chi connectivity index (χ1) is 6.10. The monoisotopic (exact) mass is 198 g/mol. The lowest BCUT2D eigenvalue weighted by Crippen LogP contribution is -2.15. The summed E-state index contributed by atoms with van der Waals surface area (Å²) in [6.45, 7) is 9.70. The van der Waals surface area contributed by atoms with Crippen molar-refractivity contribution >= 4 is 16.5 Å². The predicted molar refractivity (Wildman–Crippen MR) is 59.6 cm³/mol. The zero-order chi connectivity index (χ0) is 9.90. The molecule has 1 aromatic rings. The molecule has 1 aromatic heterocycles. The number of anilines is 1. The van der Waals surface area contributed by atoms with Crippen molar-refractivity contribution in [1.82, 2.24) is 4.98 Å². The summed E-state index contributed by atoms with van der Waals surface area (Å²) in [5, 5.41) is 6.43. The number of rotatable bonds is 4. The summed E-state index contributed by atoms with van der Waals surface area (Å²) in [6.07, 6.45) is 1.13. The van der Waals surface area contributed by atoms with Crippen molar-refractivity contribution in [2.24, 2.45) is 0 Å². The summed E-state index contributed by atoms with van der Waals surface area (Å²) in [5.41, 5.74) is 1.42. The molecule has 0 saturated heterocycles. The van der Waals surface area contributed by atoms with E-state index in [1.807, 2.05) is 0 Å². The van der Waals surface area contributed by atoms with Gasteiger partial charge in [0.05, 0.1) is 5.69 Å². The van der Waals surface area contributed by atoms with Gasteiger partial charge in [-0.25, -0.2) is 4.98 Å². The van der Waals surface area contributed by atoms with Gasteiger partial charge < -0.3 is 5.32 Å². The molecule has 0 aromatic carbocycles. The van der Waals surface area contributed by atoms with Crippen LogP contribution in [0, 0.1) is 0 Å². The fourth-order valence-corrected chi connectivity index (χ4v) is 1.97. The Morgan fingerprint density at radius 3 is 2.69 bits per heavy atom. The topological polar surface area (TPSA) is 24.9 Å². The largest absolute Gasteiger partial charge is 0.362 e. The maximum atomic E-state index is 4.55. The van der Waals surface area contributed by atoms with Gasteiger partial charge in [-0.2, -0.15) is 0 Å². The van der Waals surface area contributed by atoms with Crippen LogP contribution in [-0.2, 0) is 5.41 Å². The molecule has 0 unspecified atom stereocenters. The van der Waals surface area contributed by atoms with Crippen LogP contribution in [0.1, 0.15) is 39.8 Å². The van der Waals surface area contributed by atoms with Crippen LogP contribution in [0.5, 0.6) is 0 Å². The summed E-state index contributed by atoms with van der Waals surface area (Å²) >= 11 is 1.69. The quantitative estimate of drug-likeness (QED) is 0.803. The van der Waals surface area contributed by atoms with E-state index in [2.05, 4.69) is 43.4 Å². The Bertz CT molecular complexity index is 266. The van der Waals surface area contributed by atoms with Crippen LogP contribution in [0.15, 0.2) is 5.38 Å². The summed E-state index contributed by atoms with van der Waals surface area (Å²) in [4.78, 5) is 4.55. The number of nitrogens with zero attached hydrogens (tertiary/aromatic N) is 1. The highest BCUT2D eigenvalue weighted by molar-refractivity contribution is 7.13. The van der Waals surface area contributed by atoms with Gasteiger partial charge in [0.15, 0.2) is 5.13 Å².